The van der Waals surface area contributed by atoms with Gasteiger partial charge < -0.3 is 0 Å². The highest BCUT2D eigenvalue weighted by Crippen LogP contribution is 2.54. The minimum absolute atomic E-state index is 0.231. The predicted molar refractivity (Wildman–Crippen MR) is 270 cm³/mol. The average molecular weight is 815 g/mol. The Labute approximate surface area is 372 Å². The minimum atomic E-state index is -0.231. The molecule has 0 bridgehead atoms. The van der Waals surface area contributed by atoms with Gasteiger partial charge in [-0.2, -0.15) is 0 Å². The Balaban J connectivity index is 0.987. The lowest BCUT2D eigenvalue weighted by atomic mass is 9.79. The maximum atomic E-state index is 5.13. The number of rotatable bonds is 5. The van der Waals surface area contributed by atoms with Crippen LogP contribution in [0.4, 0.5) is 0 Å². The van der Waals surface area contributed by atoms with Crippen molar-refractivity contribution in [2.24, 2.45) is 0 Å². The Hall–Kier alpha value is -8.07. The first kappa shape index (κ1) is 36.6. The topological polar surface area (TPSA) is 17.3 Å². The van der Waals surface area contributed by atoms with E-state index in [-0.39, 0.29) is 5.41 Å². The lowest BCUT2D eigenvalue weighted by Gasteiger charge is -2.24. The molecule has 0 N–H and O–H groups in total. The van der Waals surface area contributed by atoms with Gasteiger partial charge in [0.2, 0.25) is 0 Å². The van der Waals surface area contributed by atoms with E-state index in [1.54, 1.807) is 0 Å². The number of pyridine rings is 1. The van der Waals surface area contributed by atoms with E-state index in [0.29, 0.717) is 0 Å². The first-order valence-electron chi connectivity index (χ1n) is 22.3. The van der Waals surface area contributed by atoms with Gasteiger partial charge in [-0.25, -0.2) is 4.98 Å². The molecule has 10 aromatic carbocycles. The van der Waals surface area contributed by atoms with Crippen LogP contribution in [0.2, 0.25) is 0 Å². The lowest BCUT2D eigenvalue weighted by Crippen LogP contribution is -2.15. The van der Waals surface area contributed by atoms with Crippen LogP contribution in [0.5, 0.6) is 0 Å². The van der Waals surface area contributed by atoms with Crippen molar-refractivity contribution in [1.82, 2.24) is 9.38 Å². The van der Waals surface area contributed by atoms with Gasteiger partial charge in [0, 0.05) is 22.7 Å². The molecule has 0 radical (unpaired) electrons. The molecule has 1 aliphatic rings. The number of benzene rings is 10. The summed E-state index contributed by atoms with van der Waals surface area (Å²) >= 11 is 0. The SMILES string of the molecule is CC1(C)c2cc(-c3ccc(-c4nc5ccccn5c4-c4ccccc4)cc3)ccc2-c2cc3c(-c4ccc5ccccc5c4)c4ccccc4c(-c4ccc5ccccc5c4)c3cc21. The minimum Gasteiger partial charge on any atom is -0.299 e. The molecule has 2 aromatic heterocycles. The van der Waals surface area contributed by atoms with Gasteiger partial charge in [0.05, 0.1) is 11.4 Å². The van der Waals surface area contributed by atoms with Crippen LogP contribution < -0.4 is 0 Å². The van der Waals surface area contributed by atoms with Crippen LogP contribution >= 0.6 is 0 Å². The van der Waals surface area contributed by atoms with Crippen molar-refractivity contribution in [1.29, 1.82) is 0 Å². The Kier molecular flexibility index (Phi) is 7.98. The van der Waals surface area contributed by atoms with Crippen molar-refractivity contribution in [3.8, 4) is 67.0 Å². The van der Waals surface area contributed by atoms with Crippen LogP contribution in [-0.2, 0) is 5.41 Å². The molecule has 0 amide bonds. The number of fused-ring (bicyclic) bond motifs is 8. The third-order valence-corrected chi connectivity index (χ3v) is 14.0. The molecule has 13 rings (SSSR count). The second-order valence-corrected chi connectivity index (χ2v) is 17.9. The molecular formula is C62H42N2. The van der Waals surface area contributed by atoms with Crippen LogP contribution in [0.15, 0.2) is 219 Å². The number of hydrogen-bond donors (Lipinski definition) is 0. The number of aromatic nitrogens is 2. The van der Waals surface area contributed by atoms with Crippen LogP contribution in [0.25, 0.3) is 116 Å². The summed E-state index contributed by atoms with van der Waals surface area (Å²) in [5.74, 6) is 0. The van der Waals surface area contributed by atoms with Crippen molar-refractivity contribution >= 4 is 48.7 Å². The first-order chi connectivity index (χ1) is 31.5. The van der Waals surface area contributed by atoms with Gasteiger partial charge in [-0.3, -0.25) is 4.40 Å². The predicted octanol–water partition coefficient (Wildman–Crippen LogP) is 16.6. The molecule has 1 aliphatic carbocycles. The molecule has 12 aromatic rings. The lowest BCUT2D eigenvalue weighted by molar-refractivity contribution is 0.661. The quantitative estimate of drug-likeness (QED) is 0.158. The van der Waals surface area contributed by atoms with Crippen LogP contribution in [-0.4, -0.2) is 9.38 Å². The van der Waals surface area contributed by atoms with E-state index in [9.17, 15) is 0 Å². The molecule has 2 heteroatoms. The summed E-state index contributed by atoms with van der Waals surface area (Å²) in [5, 5.41) is 10.1. The van der Waals surface area contributed by atoms with E-state index in [1.807, 2.05) is 0 Å². The molecule has 0 fully saturated rings. The monoisotopic (exact) mass is 814 g/mol. The van der Waals surface area contributed by atoms with Gasteiger partial charge in [-0.15, -0.1) is 0 Å². The second kappa shape index (κ2) is 14.0. The Morgan fingerprint density at radius 2 is 0.891 bits per heavy atom. The van der Waals surface area contributed by atoms with Gasteiger partial charge >= 0.3 is 0 Å². The fraction of sp³-hybridized carbons (Fsp3) is 0.0484. The number of nitrogens with zero attached hydrogens (tertiary/aromatic N) is 2. The van der Waals surface area contributed by atoms with E-state index < -0.39 is 0 Å². The summed E-state index contributed by atoms with van der Waals surface area (Å²) < 4.78 is 2.19. The molecule has 0 unspecified atom stereocenters. The standard InChI is InChI=1S/C62H42N2/c1-62(2)55-36-46(41-23-27-42(28-24-41)60-61(43-16-4-3-5-17-43)64-33-13-12-22-57(64)63-60)31-32-49(55)52-37-53-54(38-56(52)62)59(48-30-26-40-15-7-9-19-45(40)35-48)51-21-11-10-20-50(51)58(53)47-29-25-39-14-6-8-18-44(39)34-47/h3-38H,1-2H3. The highest BCUT2D eigenvalue weighted by atomic mass is 15.0. The summed E-state index contributed by atoms with van der Waals surface area (Å²) in [6, 6.07) is 78.4. The van der Waals surface area contributed by atoms with Gasteiger partial charge in [0.1, 0.15) is 5.65 Å². The van der Waals surface area contributed by atoms with Crippen LogP contribution in [0.3, 0.4) is 0 Å². The van der Waals surface area contributed by atoms with Gasteiger partial charge in [-0.1, -0.05) is 184 Å². The molecule has 2 nitrogen and oxygen atoms in total. The largest absolute Gasteiger partial charge is 0.299 e. The molecule has 0 atom stereocenters. The second-order valence-electron chi connectivity index (χ2n) is 17.9. The first-order valence-corrected chi connectivity index (χ1v) is 22.3. The highest BCUT2D eigenvalue weighted by Gasteiger charge is 2.37. The smallest absolute Gasteiger partial charge is 0.137 e. The van der Waals surface area contributed by atoms with Gasteiger partial charge in [0.25, 0.3) is 0 Å². The third-order valence-electron chi connectivity index (χ3n) is 14.0. The summed E-state index contributed by atoms with van der Waals surface area (Å²) in [6.07, 6.45) is 2.10. The molecule has 0 spiro atoms. The zero-order chi connectivity index (χ0) is 42.5. The molecule has 64 heavy (non-hydrogen) atoms. The Bertz CT molecular complexity index is 3850. The van der Waals surface area contributed by atoms with E-state index in [1.165, 1.54) is 98.7 Å². The van der Waals surface area contributed by atoms with Crippen molar-refractivity contribution in [2.75, 3.05) is 0 Å². The van der Waals surface area contributed by atoms with E-state index >= 15 is 0 Å². The highest BCUT2D eigenvalue weighted by molar-refractivity contribution is 6.23. The van der Waals surface area contributed by atoms with E-state index in [2.05, 4.69) is 237 Å². The zero-order valence-electron chi connectivity index (χ0n) is 35.7. The third kappa shape index (κ3) is 5.55. The summed E-state index contributed by atoms with van der Waals surface area (Å²) in [5.41, 5.74) is 17.9. The average Bonchev–Trinajstić information content (AvgIpc) is 3.84. The molecule has 0 saturated carbocycles. The van der Waals surface area contributed by atoms with Crippen molar-refractivity contribution in [2.45, 2.75) is 19.3 Å². The zero-order valence-corrected chi connectivity index (χ0v) is 35.7. The summed E-state index contributed by atoms with van der Waals surface area (Å²) in [6.45, 7) is 4.82. The molecule has 2 heterocycles. The maximum Gasteiger partial charge on any atom is 0.137 e. The number of hydrogen-bond acceptors (Lipinski definition) is 1. The molecule has 300 valence electrons. The van der Waals surface area contributed by atoms with Crippen LogP contribution in [0, 0.1) is 0 Å². The summed E-state index contributed by atoms with van der Waals surface area (Å²) in [4.78, 5) is 5.13. The fourth-order valence-corrected chi connectivity index (χ4v) is 10.8. The normalized spacial score (nSPS) is 13.0. The maximum absolute atomic E-state index is 5.13. The van der Waals surface area contributed by atoms with Crippen molar-refractivity contribution < 1.29 is 0 Å². The van der Waals surface area contributed by atoms with Gasteiger partial charge in [-0.05, 0) is 141 Å². The van der Waals surface area contributed by atoms with Crippen LogP contribution in [0.1, 0.15) is 25.0 Å². The van der Waals surface area contributed by atoms with Crippen molar-refractivity contribution in [3.63, 3.8) is 0 Å². The molecular weight excluding hydrogens is 773 g/mol. The number of imidazole rings is 1. The molecule has 0 saturated heterocycles. The Morgan fingerprint density at radius 3 is 1.56 bits per heavy atom. The van der Waals surface area contributed by atoms with E-state index in [0.717, 1.165) is 28.2 Å². The Morgan fingerprint density at radius 1 is 0.359 bits per heavy atom. The summed E-state index contributed by atoms with van der Waals surface area (Å²) in [7, 11) is 0. The fourth-order valence-electron chi connectivity index (χ4n) is 10.8. The van der Waals surface area contributed by atoms with Crippen molar-refractivity contribution in [3.05, 3.63) is 230 Å². The van der Waals surface area contributed by atoms with E-state index in [4.69, 9.17) is 4.98 Å². The molecule has 0 aliphatic heterocycles. The van der Waals surface area contributed by atoms with Gasteiger partial charge in [0.15, 0.2) is 0 Å².